The van der Waals surface area contributed by atoms with E-state index in [1.54, 1.807) is 0 Å². The van der Waals surface area contributed by atoms with Gasteiger partial charge in [-0.25, -0.2) is 5.01 Å². The fourth-order valence-corrected chi connectivity index (χ4v) is 2.74. The van der Waals surface area contributed by atoms with Gasteiger partial charge in [0.15, 0.2) is 5.17 Å². The molecule has 1 aliphatic heterocycles. The van der Waals surface area contributed by atoms with Crippen molar-refractivity contribution in [1.82, 2.24) is 10.4 Å². The summed E-state index contributed by atoms with van der Waals surface area (Å²) in [6.45, 7) is 4.43. The number of aliphatic imine (C=N–C) groups is 1. The first kappa shape index (κ1) is 10.9. The van der Waals surface area contributed by atoms with Gasteiger partial charge in [-0.1, -0.05) is 25.6 Å². The van der Waals surface area contributed by atoms with Crippen LogP contribution in [0.5, 0.6) is 0 Å². The van der Waals surface area contributed by atoms with Crippen molar-refractivity contribution in [2.24, 2.45) is 4.99 Å². The van der Waals surface area contributed by atoms with Crippen LogP contribution in [-0.4, -0.2) is 35.6 Å². The maximum Gasteiger partial charge on any atom is 0.171 e. The molecule has 13 heavy (non-hydrogen) atoms. The first-order valence-electron chi connectivity index (χ1n) is 4.85. The third kappa shape index (κ3) is 2.88. The summed E-state index contributed by atoms with van der Waals surface area (Å²) in [6, 6.07) is 0.512. The second kappa shape index (κ2) is 4.86. The largest absolute Gasteiger partial charge is 0.298 e. The Morgan fingerprint density at radius 1 is 1.38 bits per heavy atom. The fraction of sp³-hybridized carbons (Fsp3) is 0.889. The molecule has 0 aromatic rings. The van der Waals surface area contributed by atoms with Gasteiger partial charge in [0.1, 0.15) is 0 Å². The molecule has 3 nitrogen and oxygen atoms in total. The van der Waals surface area contributed by atoms with E-state index in [0.717, 1.165) is 11.6 Å². The Balaban J connectivity index is 2.50. The van der Waals surface area contributed by atoms with E-state index in [1.807, 2.05) is 30.9 Å². The number of amidine groups is 1. The lowest BCUT2D eigenvalue weighted by molar-refractivity contribution is 0.365. The van der Waals surface area contributed by atoms with Gasteiger partial charge in [-0.05, 0) is 12.8 Å². The van der Waals surface area contributed by atoms with Crippen molar-refractivity contribution in [3.63, 3.8) is 0 Å². The molecule has 0 spiro atoms. The van der Waals surface area contributed by atoms with Gasteiger partial charge in [-0.15, -0.1) is 0 Å². The summed E-state index contributed by atoms with van der Waals surface area (Å²) in [7, 11) is 3.98. The molecule has 0 radical (unpaired) electrons. The van der Waals surface area contributed by atoms with Crippen LogP contribution >= 0.6 is 11.8 Å². The topological polar surface area (TPSA) is 27.6 Å². The van der Waals surface area contributed by atoms with E-state index in [0.29, 0.717) is 11.3 Å². The summed E-state index contributed by atoms with van der Waals surface area (Å²) in [5.41, 5.74) is 3.22. The molecular weight excluding hydrogens is 182 g/mol. The van der Waals surface area contributed by atoms with Crippen molar-refractivity contribution in [3.05, 3.63) is 0 Å². The minimum Gasteiger partial charge on any atom is -0.298 e. The number of nitrogens with zero attached hydrogens (tertiary/aromatic N) is 2. The lowest BCUT2D eigenvalue weighted by Gasteiger charge is -2.13. The van der Waals surface area contributed by atoms with Crippen molar-refractivity contribution in [1.29, 1.82) is 0 Å². The number of nitrogens with one attached hydrogen (secondary N) is 1. The highest BCUT2D eigenvalue weighted by atomic mass is 32.2. The molecule has 0 saturated carbocycles. The number of thioether (sulfide) groups is 1. The van der Waals surface area contributed by atoms with Crippen LogP contribution < -0.4 is 5.43 Å². The number of hydrazine groups is 1. The quantitative estimate of drug-likeness (QED) is 0.705. The molecule has 0 amide bonds. The molecule has 1 N–H and O–H groups in total. The summed E-state index contributed by atoms with van der Waals surface area (Å²) in [4.78, 5) is 4.63. The van der Waals surface area contributed by atoms with Gasteiger partial charge in [-0.2, -0.15) is 0 Å². The van der Waals surface area contributed by atoms with E-state index in [2.05, 4.69) is 24.3 Å². The molecule has 2 unspecified atom stereocenters. The average molecular weight is 201 g/mol. The predicted octanol–water partition coefficient (Wildman–Crippen LogP) is 1.71. The highest BCUT2D eigenvalue weighted by Gasteiger charge is 2.27. The number of hydrogen-bond donors (Lipinski definition) is 1. The maximum atomic E-state index is 4.63. The third-order valence-corrected chi connectivity index (χ3v) is 3.49. The molecule has 0 aliphatic carbocycles. The lowest BCUT2D eigenvalue weighted by Crippen LogP contribution is -2.33. The summed E-state index contributed by atoms with van der Waals surface area (Å²) in [6.07, 6.45) is 2.34. The van der Waals surface area contributed by atoms with Crippen molar-refractivity contribution in [3.8, 4) is 0 Å². The van der Waals surface area contributed by atoms with Gasteiger partial charge in [0.2, 0.25) is 0 Å². The molecule has 0 fully saturated rings. The summed E-state index contributed by atoms with van der Waals surface area (Å²) in [5.74, 6) is 0. The first-order chi connectivity index (χ1) is 6.17. The SMILES string of the molecule is CCC1N=C(NN(C)C)SC1CC. The first-order valence-corrected chi connectivity index (χ1v) is 5.73. The molecular formula is C9H19N3S. The van der Waals surface area contributed by atoms with Crippen LogP contribution in [0.1, 0.15) is 26.7 Å². The highest BCUT2D eigenvalue weighted by Crippen LogP contribution is 2.29. The van der Waals surface area contributed by atoms with Gasteiger partial charge < -0.3 is 0 Å². The molecule has 76 valence electrons. The van der Waals surface area contributed by atoms with Crippen molar-refractivity contribution in [2.75, 3.05) is 14.1 Å². The zero-order valence-corrected chi connectivity index (χ0v) is 9.69. The summed E-state index contributed by atoms with van der Waals surface area (Å²) in [5, 5.41) is 3.69. The molecule has 1 rings (SSSR count). The Hall–Kier alpha value is -0.220. The number of rotatable bonds is 3. The summed E-state index contributed by atoms with van der Waals surface area (Å²) >= 11 is 1.87. The third-order valence-electron chi connectivity index (χ3n) is 2.12. The minimum atomic E-state index is 0.512. The van der Waals surface area contributed by atoms with Crippen LogP contribution in [0.2, 0.25) is 0 Å². The van der Waals surface area contributed by atoms with Crippen molar-refractivity contribution < 1.29 is 0 Å². The second-order valence-corrected chi connectivity index (χ2v) is 4.71. The standard InChI is InChI=1S/C9H19N3S/c1-5-7-8(6-2)13-9(10-7)11-12(3)4/h7-8H,5-6H2,1-4H3,(H,10,11). The molecule has 4 heteroatoms. The van der Waals surface area contributed by atoms with Gasteiger partial charge in [0.05, 0.1) is 6.04 Å². The van der Waals surface area contributed by atoms with Crippen LogP contribution in [-0.2, 0) is 0 Å². The molecule has 0 bridgehead atoms. The van der Waals surface area contributed by atoms with Crippen LogP contribution in [0.3, 0.4) is 0 Å². The van der Waals surface area contributed by atoms with E-state index >= 15 is 0 Å². The van der Waals surface area contributed by atoms with Crippen LogP contribution in [0.15, 0.2) is 4.99 Å². The van der Waals surface area contributed by atoms with Crippen molar-refractivity contribution >= 4 is 16.9 Å². The Morgan fingerprint density at radius 2 is 2.08 bits per heavy atom. The van der Waals surface area contributed by atoms with Gasteiger partial charge in [-0.3, -0.25) is 10.4 Å². The Bertz CT molecular complexity index is 191. The number of hydrogen-bond acceptors (Lipinski definition) is 4. The van der Waals surface area contributed by atoms with Gasteiger partial charge in [0.25, 0.3) is 0 Å². The molecule has 0 aromatic heterocycles. The zero-order valence-electron chi connectivity index (χ0n) is 8.87. The smallest absolute Gasteiger partial charge is 0.171 e. The normalized spacial score (nSPS) is 27.9. The molecule has 1 heterocycles. The molecule has 0 aromatic carbocycles. The lowest BCUT2D eigenvalue weighted by atomic mass is 10.1. The zero-order chi connectivity index (χ0) is 9.84. The molecule has 1 aliphatic rings. The van der Waals surface area contributed by atoms with E-state index < -0.39 is 0 Å². The Labute approximate surface area is 85.0 Å². The van der Waals surface area contributed by atoms with Crippen LogP contribution in [0, 0.1) is 0 Å². The Kier molecular flexibility index (Phi) is 4.06. The Morgan fingerprint density at radius 3 is 2.46 bits per heavy atom. The monoisotopic (exact) mass is 201 g/mol. The summed E-state index contributed by atoms with van der Waals surface area (Å²) < 4.78 is 0. The van der Waals surface area contributed by atoms with E-state index in [-0.39, 0.29) is 0 Å². The van der Waals surface area contributed by atoms with Crippen molar-refractivity contribution in [2.45, 2.75) is 38.0 Å². The minimum absolute atomic E-state index is 0.512. The predicted molar refractivity (Wildman–Crippen MR) is 60.0 cm³/mol. The fourth-order valence-electron chi connectivity index (χ4n) is 1.44. The second-order valence-electron chi connectivity index (χ2n) is 3.48. The van der Waals surface area contributed by atoms with Crippen LogP contribution in [0.4, 0.5) is 0 Å². The van der Waals surface area contributed by atoms with E-state index in [1.165, 1.54) is 6.42 Å². The van der Waals surface area contributed by atoms with Crippen LogP contribution in [0.25, 0.3) is 0 Å². The van der Waals surface area contributed by atoms with E-state index in [4.69, 9.17) is 0 Å². The van der Waals surface area contributed by atoms with Gasteiger partial charge in [0, 0.05) is 19.3 Å². The van der Waals surface area contributed by atoms with Gasteiger partial charge >= 0.3 is 0 Å². The van der Waals surface area contributed by atoms with E-state index in [9.17, 15) is 0 Å². The average Bonchev–Trinajstić information content (AvgIpc) is 2.45. The highest BCUT2D eigenvalue weighted by molar-refractivity contribution is 8.14. The molecule has 0 saturated heterocycles. The maximum absolute atomic E-state index is 4.63. The molecule has 2 atom stereocenters.